The Hall–Kier alpha value is -2.20. The van der Waals surface area contributed by atoms with Gasteiger partial charge in [-0.3, -0.25) is 9.78 Å². The van der Waals surface area contributed by atoms with Gasteiger partial charge in [-0.1, -0.05) is 46.3 Å². The monoisotopic (exact) mass is 354 g/mol. The van der Waals surface area contributed by atoms with Crippen LogP contribution in [0.2, 0.25) is 0 Å². The number of benzene rings is 2. The fourth-order valence-electron chi connectivity index (χ4n) is 2.45. The van der Waals surface area contributed by atoms with Crippen molar-refractivity contribution in [1.29, 1.82) is 0 Å². The van der Waals surface area contributed by atoms with Gasteiger partial charge in [0.05, 0.1) is 5.52 Å². The number of carbonyl (C=O) groups is 1. The normalized spacial score (nSPS) is 10.6. The second-order valence-electron chi connectivity index (χ2n) is 5.13. The van der Waals surface area contributed by atoms with Crippen LogP contribution in [0.3, 0.4) is 0 Å². The Morgan fingerprint density at radius 2 is 1.91 bits per heavy atom. The molecule has 0 spiro atoms. The van der Waals surface area contributed by atoms with E-state index in [-0.39, 0.29) is 5.91 Å². The zero-order valence-electron chi connectivity index (χ0n) is 12.2. The van der Waals surface area contributed by atoms with Gasteiger partial charge in [0.15, 0.2) is 0 Å². The van der Waals surface area contributed by atoms with Crippen LogP contribution in [0.1, 0.15) is 15.9 Å². The highest BCUT2D eigenvalue weighted by atomic mass is 79.9. The second-order valence-corrected chi connectivity index (χ2v) is 5.98. The number of nitrogens with zero attached hydrogens (tertiary/aromatic N) is 2. The van der Waals surface area contributed by atoms with Crippen molar-refractivity contribution >= 4 is 32.7 Å². The first kappa shape index (κ1) is 14.7. The Morgan fingerprint density at radius 3 is 2.73 bits per heavy atom. The minimum atomic E-state index is -0.00523. The molecule has 4 heteroatoms. The average Bonchev–Trinajstić information content (AvgIpc) is 2.55. The van der Waals surface area contributed by atoms with E-state index in [1.54, 1.807) is 11.1 Å². The lowest BCUT2D eigenvalue weighted by Gasteiger charge is -2.19. The fraction of sp³-hybridized carbons (Fsp3) is 0.111. The van der Waals surface area contributed by atoms with Crippen LogP contribution in [-0.4, -0.2) is 22.8 Å². The number of halogens is 1. The Bertz CT molecular complexity index is 827. The third-order valence-corrected chi connectivity index (χ3v) is 4.36. The standard InChI is InChI=1S/C18H15BrN2O/c1-21(12-13-6-2-3-9-16(13)19)18(22)15-7-4-10-17-14(15)8-5-11-20-17/h2-11H,12H2,1H3. The molecule has 0 atom stereocenters. The van der Waals surface area contributed by atoms with Crippen molar-refractivity contribution in [3.8, 4) is 0 Å². The van der Waals surface area contributed by atoms with E-state index in [4.69, 9.17) is 0 Å². The maximum Gasteiger partial charge on any atom is 0.254 e. The molecular weight excluding hydrogens is 340 g/mol. The number of hydrogen-bond donors (Lipinski definition) is 0. The van der Waals surface area contributed by atoms with E-state index in [0.717, 1.165) is 20.9 Å². The van der Waals surface area contributed by atoms with Crippen LogP contribution in [-0.2, 0) is 6.54 Å². The minimum absolute atomic E-state index is 0.00523. The number of carbonyl (C=O) groups excluding carboxylic acids is 1. The van der Waals surface area contributed by atoms with Crippen molar-refractivity contribution in [2.24, 2.45) is 0 Å². The number of amides is 1. The van der Waals surface area contributed by atoms with Crippen molar-refractivity contribution in [2.45, 2.75) is 6.54 Å². The summed E-state index contributed by atoms with van der Waals surface area (Å²) in [6, 6.07) is 17.4. The van der Waals surface area contributed by atoms with Crippen LogP contribution in [0.25, 0.3) is 10.9 Å². The molecule has 0 radical (unpaired) electrons. The summed E-state index contributed by atoms with van der Waals surface area (Å²) < 4.78 is 1.01. The molecule has 0 aliphatic carbocycles. The highest BCUT2D eigenvalue weighted by molar-refractivity contribution is 9.10. The third-order valence-electron chi connectivity index (χ3n) is 3.59. The highest BCUT2D eigenvalue weighted by Gasteiger charge is 2.15. The van der Waals surface area contributed by atoms with Crippen molar-refractivity contribution in [1.82, 2.24) is 9.88 Å². The van der Waals surface area contributed by atoms with Crippen molar-refractivity contribution < 1.29 is 4.79 Å². The Kier molecular flexibility index (Phi) is 4.20. The number of rotatable bonds is 3. The molecule has 3 aromatic rings. The molecule has 110 valence electrons. The van der Waals surface area contributed by atoms with Gasteiger partial charge in [-0.2, -0.15) is 0 Å². The van der Waals surface area contributed by atoms with Crippen molar-refractivity contribution in [3.05, 3.63) is 76.4 Å². The van der Waals surface area contributed by atoms with Gasteiger partial charge in [0, 0.05) is 35.2 Å². The molecule has 0 aliphatic heterocycles. The lowest BCUT2D eigenvalue weighted by molar-refractivity contribution is 0.0787. The Morgan fingerprint density at radius 1 is 1.09 bits per heavy atom. The Labute approximate surface area is 137 Å². The summed E-state index contributed by atoms with van der Waals surface area (Å²) in [6.07, 6.45) is 1.74. The highest BCUT2D eigenvalue weighted by Crippen LogP contribution is 2.21. The first-order valence-corrected chi connectivity index (χ1v) is 7.79. The summed E-state index contributed by atoms with van der Waals surface area (Å²) in [5.41, 5.74) is 2.60. The molecule has 0 N–H and O–H groups in total. The summed E-state index contributed by atoms with van der Waals surface area (Å²) in [7, 11) is 1.82. The molecule has 0 fully saturated rings. The second kappa shape index (κ2) is 6.28. The smallest absolute Gasteiger partial charge is 0.254 e. The van der Waals surface area contributed by atoms with Gasteiger partial charge in [-0.05, 0) is 29.8 Å². The molecule has 0 saturated carbocycles. The van der Waals surface area contributed by atoms with E-state index in [1.165, 1.54) is 0 Å². The van der Waals surface area contributed by atoms with E-state index in [1.807, 2.05) is 61.6 Å². The van der Waals surface area contributed by atoms with Crippen LogP contribution >= 0.6 is 15.9 Å². The van der Waals surface area contributed by atoms with Crippen LogP contribution < -0.4 is 0 Å². The van der Waals surface area contributed by atoms with Crippen LogP contribution in [0.15, 0.2) is 65.3 Å². The molecule has 0 bridgehead atoms. The predicted molar refractivity (Wildman–Crippen MR) is 91.7 cm³/mol. The summed E-state index contributed by atoms with van der Waals surface area (Å²) in [5.74, 6) is -0.00523. The largest absolute Gasteiger partial charge is 0.337 e. The van der Waals surface area contributed by atoms with E-state index in [2.05, 4.69) is 20.9 Å². The summed E-state index contributed by atoms with van der Waals surface area (Å²) >= 11 is 3.52. The minimum Gasteiger partial charge on any atom is -0.337 e. The maximum atomic E-state index is 12.8. The van der Waals surface area contributed by atoms with Gasteiger partial charge in [0.2, 0.25) is 0 Å². The van der Waals surface area contributed by atoms with Gasteiger partial charge in [-0.15, -0.1) is 0 Å². The number of fused-ring (bicyclic) bond motifs is 1. The SMILES string of the molecule is CN(Cc1ccccc1Br)C(=O)c1cccc2ncccc12. The quantitative estimate of drug-likeness (QED) is 0.703. The molecule has 3 rings (SSSR count). The van der Waals surface area contributed by atoms with Gasteiger partial charge in [0.25, 0.3) is 5.91 Å². The molecule has 0 saturated heterocycles. The number of aromatic nitrogens is 1. The van der Waals surface area contributed by atoms with Crippen LogP contribution in [0.5, 0.6) is 0 Å². The molecule has 22 heavy (non-hydrogen) atoms. The molecule has 1 heterocycles. The summed E-state index contributed by atoms with van der Waals surface area (Å²) in [4.78, 5) is 18.8. The van der Waals surface area contributed by atoms with Gasteiger partial charge in [0.1, 0.15) is 0 Å². The molecule has 1 aromatic heterocycles. The van der Waals surface area contributed by atoms with E-state index >= 15 is 0 Å². The topological polar surface area (TPSA) is 33.2 Å². The molecule has 1 amide bonds. The lowest BCUT2D eigenvalue weighted by Crippen LogP contribution is -2.26. The molecular formula is C18H15BrN2O. The van der Waals surface area contributed by atoms with Crippen LogP contribution in [0.4, 0.5) is 0 Å². The first-order chi connectivity index (χ1) is 10.7. The Balaban J connectivity index is 1.91. The van der Waals surface area contributed by atoms with Crippen molar-refractivity contribution in [3.63, 3.8) is 0 Å². The third kappa shape index (κ3) is 2.88. The zero-order valence-corrected chi connectivity index (χ0v) is 13.7. The molecule has 0 unspecified atom stereocenters. The average molecular weight is 355 g/mol. The fourth-order valence-corrected chi connectivity index (χ4v) is 2.86. The van der Waals surface area contributed by atoms with E-state index in [0.29, 0.717) is 12.1 Å². The molecule has 3 nitrogen and oxygen atoms in total. The maximum absolute atomic E-state index is 12.8. The predicted octanol–water partition coefficient (Wildman–Crippen LogP) is 4.27. The molecule has 0 aliphatic rings. The van der Waals surface area contributed by atoms with Gasteiger partial charge >= 0.3 is 0 Å². The van der Waals surface area contributed by atoms with Crippen molar-refractivity contribution in [2.75, 3.05) is 7.05 Å². The first-order valence-electron chi connectivity index (χ1n) is 6.99. The van der Waals surface area contributed by atoms with Crippen LogP contribution in [0, 0.1) is 0 Å². The lowest BCUT2D eigenvalue weighted by atomic mass is 10.1. The van der Waals surface area contributed by atoms with Gasteiger partial charge < -0.3 is 4.90 Å². The number of hydrogen-bond acceptors (Lipinski definition) is 2. The zero-order chi connectivity index (χ0) is 15.5. The number of pyridine rings is 1. The molecule has 2 aromatic carbocycles. The van der Waals surface area contributed by atoms with Gasteiger partial charge in [-0.25, -0.2) is 0 Å². The van der Waals surface area contributed by atoms with E-state index < -0.39 is 0 Å². The summed E-state index contributed by atoms with van der Waals surface area (Å²) in [5, 5.41) is 0.883. The summed E-state index contributed by atoms with van der Waals surface area (Å²) in [6.45, 7) is 0.552. The van der Waals surface area contributed by atoms with E-state index in [9.17, 15) is 4.79 Å².